The lowest BCUT2D eigenvalue weighted by atomic mass is 10.2. The molecule has 4 nitrogen and oxygen atoms in total. The third kappa shape index (κ3) is 4.69. The van der Waals surface area contributed by atoms with Crippen LogP contribution in [0.1, 0.15) is 18.4 Å². The number of nitrogens with two attached hydrogens (primary N) is 1. The van der Waals surface area contributed by atoms with Gasteiger partial charge in [0.25, 0.3) is 0 Å². The van der Waals surface area contributed by atoms with Crippen LogP contribution in [0.4, 0.5) is 18.9 Å². The average molecular weight is 277 g/mol. The highest BCUT2D eigenvalue weighted by molar-refractivity contribution is 5.69. The molecular formula is C12H14F3NO3. The first kappa shape index (κ1) is 15.1. The van der Waals surface area contributed by atoms with E-state index in [4.69, 9.17) is 10.5 Å². The molecule has 0 aliphatic carbocycles. The molecule has 19 heavy (non-hydrogen) atoms. The molecule has 0 unspecified atom stereocenters. The number of hydrogen-bond acceptors (Lipinski definition) is 4. The Morgan fingerprint density at radius 2 is 2.05 bits per heavy atom. The molecule has 0 amide bonds. The van der Waals surface area contributed by atoms with E-state index in [1.165, 1.54) is 7.11 Å². The summed E-state index contributed by atoms with van der Waals surface area (Å²) in [6.07, 6.45) is -3.86. The van der Waals surface area contributed by atoms with E-state index in [1.807, 2.05) is 0 Å². The highest BCUT2D eigenvalue weighted by atomic mass is 19.4. The fourth-order valence-corrected chi connectivity index (χ4v) is 1.36. The Morgan fingerprint density at radius 1 is 1.37 bits per heavy atom. The van der Waals surface area contributed by atoms with Gasteiger partial charge in [0.15, 0.2) is 0 Å². The van der Waals surface area contributed by atoms with Crippen LogP contribution in [0.15, 0.2) is 18.2 Å². The van der Waals surface area contributed by atoms with E-state index in [2.05, 4.69) is 4.74 Å². The normalized spacial score (nSPS) is 11.2. The Bertz CT molecular complexity index is 446. The van der Waals surface area contributed by atoms with Crippen molar-refractivity contribution in [3.8, 4) is 5.75 Å². The number of alkyl halides is 3. The summed E-state index contributed by atoms with van der Waals surface area (Å²) in [6.45, 7) is 0.171. The zero-order valence-corrected chi connectivity index (χ0v) is 10.3. The van der Waals surface area contributed by atoms with E-state index in [9.17, 15) is 18.0 Å². The van der Waals surface area contributed by atoms with Crippen molar-refractivity contribution in [2.24, 2.45) is 0 Å². The van der Waals surface area contributed by atoms with Gasteiger partial charge >= 0.3 is 12.1 Å². The lowest BCUT2D eigenvalue weighted by Crippen LogP contribution is -2.08. The minimum Gasteiger partial charge on any atom is -0.491 e. The van der Waals surface area contributed by atoms with Crippen LogP contribution in [0.3, 0.4) is 0 Å². The molecule has 0 aliphatic rings. The SMILES string of the molecule is COC(=O)CCCOc1ccc(C(F)(F)F)cc1N. The van der Waals surface area contributed by atoms with Crippen LogP contribution < -0.4 is 10.5 Å². The quantitative estimate of drug-likeness (QED) is 0.510. The molecule has 0 aromatic heterocycles. The maximum absolute atomic E-state index is 12.4. The van der Waals surface area contributed by atoms with Crippen molar-refractivity contribution >= 4 is 11.7 Å². The smallest absolute Gasteiger partial charge is 0.416 e. The Morgan fingerprint density at radius 3 is 2.58 bits per heavy atom. The molecule has 0 saturated heterocycles. The van der Waals surface area contributed by atoms with Gasteiger partial charge in [-0.25, -0.2) is 0 Å². The molecule has 0 atom stereocenters. The Hall–Kier alpha value is -1.92. The van der Waals surface area contributed by atoms with E-state index in [1.54, 1.807) is 0 Å². The summed E-state index contributed by atoms with van der Waals surface area (Å²) in [4.78, 5) is 10.8. The molecule has 7 heteroatoms. The highest BCUT2D eigenvalue weighted by Crippen LogP contribution is 2.33. The summed E-state index contributed by atoms with van der Waals surface area (Å²) in [5.41, 5.74) is 4.55. The molecule has 0 fully saturated rings. The first-order valence-electron chi connectivity index (χ1n) is 5.51. The summed E-state index contributed by atoms with van der Waals surface area (Å²) >= 11 is 0. The number of anilines is 1. The fourth-order valence-electron chi connectivity index (χ4n) is 1.36. The number of carbonyl (C=O) groups excluding carboxylic acids is 1. The molecule has 0 radical (unpaired) electrons. The van der Waals surface area contributed by atoms with Crippen LogP contribution in [-0.4, -0.2) is 19.7 Å². The van der Waals surface area contributed by atoms with Gasteiger partial charge in [-0.3, -0.25) is 4.79 Å². The van der Waals surface area contributed by atoms with Crippen LogP contribution in [0, 0.1) is 0 Å². The molecule has 2 N–H and O–H groups in total. The molecule has 1 aromatic rings. The van der Waals surface area contributed by atoms with Crippen LogP contribution in [-0.2, 0) is 15.7 Å². The van der Waals surface area contributed by atoms with Gasteiger partial charge < -0.3 is 15.2 Å². The molecule has 106 valence electrons. The number of ether oxygens (including phenoxy) is 2. The van der Waals surface area contributed by atoms with Gasteiger partial charge in [0.05, 0.1) is 25.0 Å². The van der Waals surface area contributed by atoms with Crippen LogP contribution in [0.25, 0.3) is 0 Å². The average Bonchev–Trinajstić information content (AvgIpc) is 2.34. The number of esters is 1. The predicted molar refractivity (Wildman–Crippen MR) is 62.6 cm³/mol. The third-order valence-electron chi connectivity index (χ3n) is 2.35. The Kier molecular flexibility index (Phi) is 5.02. The summed E-state index contributed by atoms with van der Waals surface area (Å²) in [5, 5.41) is 0. The maximum Gasteiger partial charge on any atom is 0.416 e. The van der Waals surface area contributed by atoms with E-state index in [-0.39, 0.29) is 30.4 Å². The molecule has 0 bridgehead atoms. The highest BCUT2D eigenvalue weighted by Gasteiger charge is 2.30. The number of rotatable bonds is 5. The minimum absolute atomic E-state index is 0.0899. The van der Waals surface area contributed by atoms with E-state index < -0.39 is 11.7 Å². The van der Waals surface area contributed by atoms with Gasteiger partial charge in [-0.1, -0.05) is 0 Å². The van der Waals surface area contributed by atoms with Gasteiger partial charge in [-0.15, -0.1) is 0 Å². The second kappa shape index (κ2) is 6.31. The molecular weight excluding hydrogens is 263 g/mol. The number of halogens is 3. The van der Waals surface area contributed by atoms with Crippen molar-refractivity contribution in [1.29, 1.82) is 0 Å². The summed E-state index contributed by atoms with van der Waals surface area (Å²) < 4.78 is 46.8. The van der Waals surface area contributed by atoms with Crippen molar-refractivity contribution in [2.45, 2.75) is 19.0 Å². The van der Waals surface area contributed by atoms with Crippen LogP contribution in [0.2, 0.25) is 0 Å². The Balaban J connectivity index is 2.54. The first-order chi connectivity index (χ1) is 8.84. The first-order valence-corrected chi connectivity index (χ1v) is 5.51. The lowest BCUT2D eigenvalue weighted by molar-refractivity contribution is -0.141. The zero-order valence-electron chi connectivity index (χ0n) is 10.3. The van der Waals surface area contributed by atoms with E-state index >= 15 is 0 Å². The molecule has 1 rings (SSSR count). The molecule has 0 aliphatic heterocycles. The zero-order chi connectivity index (χ0) is 14.5. The fraction of sp³-hybridized carbons (Fsp3) is 0.417. The van der Waals surface area contributed by atoms with Gasteiger partial charge in [-0.05, 0) is 24.6 Å². The van der Waals surface area contributed by atoms with Gasteiger partial charge in [0, 0.05) is 6.42 Å². The van der Waals surface area contributed by atoms with Gasteiger partial charge in [0.1, 0.15) is 5.75 Å². The predicted octanol–water partition coefficient (Wildman–Crippen LogP) is 2.62. The number of benzene rings is 1. The van der Waals surface area contributed by atoms with Crippen LogP contribution in [0.5, 0.6) is 5.75 Å². The second-order valence-electron chi connectivity index (χ2n) is 3.78. The lowest BCUT2D eigenvalue weighted by Gasteiger charge is -2.11. The van der Waals surface area contributed by atoms with Gasteiger partial charge in [0.2, 0.25) is 0 Å². The van der Waals surface area contributed by atoms with Gasteiger partial charge in [-0.2, -0.15) is 13.2 Å². The second-order valence-corrected chi connectivity index (χ2v) is 3.78. The minimum atomic E-state index is -4.43. The summed E-state index contributed by atoms with van der Waals surface area (Å²) in [6, 6.07) is 2.87. The summed E-state index contributed by atoms with van der Waals surface area (Å²) in [7, 11) is 1.27. The van der Waals surface area contributed by atoms with Crippen molar-refractivity contribution in [2.75, 3.05) is 19.5 Å². The maximum atomic E-state index is 12.4. The standard InChI is InChI=1S/C12H14F3NO3/c1-18-11(17)3-2-6-19-10-5-4-8(7-9(10)16)12(13,14)15/h4-5,7H,2-3,6,16H2,1H3. The van der Waals surface area contributed by atoms with Crippen LogP contribution >= 0.6 is 0 Å². The molecule has 0 saturated carbocycles. The summed E-state index contributed by atoms with van der Waals surface area (Å²) in [5.74, 6) is -0.207. The topological polar surface area (TPSA) is 61.5 Å². The van der Waals surface area contributed by atoms with Crippen molar-refractivity contribution < 1.29 is 27.4 Å². The number of carbonyl (C=O) groups is 1. The molecule has 0 spiro atoms. The number of nitrogen functional groups attached to an aromatic ring is 1. The molecule has 0 heterocycles. The monoisotopic (exact) mass is 277 g/mol. The number of methoxy groups -OCH3 is 1. The number of hydrogen-bond donors (Lipinski definition) is 1. The Labute approximate surface area is 108 Å². The largest absolute Gasteiger partial charge is 0.491 e. The van der Waals surface area contributed by atoms with E-state index in [0.717, 1.165) is 18.2 Å². The third-order valence-corrected chi connectivity index (χ3v) is 2.35. The van der Waals surface area contributed by atoms with Crippen molar-refractivity contribution in [3.63, 3.8) is 0 Å². The van der Waals surface area contributed by atoms with E-state index in [0.29, 0.717) is 6.42 Å². The molecule has 1 aromatic carbocycles. The van der Waals surface area contributed by atoms with Crippen molar-refractivity contribution in [1.82, 2.24) is 0 Å². The van der Waals surface area contributed by atoms with Crippen molar-refractivity contribution in [3.05, 3.63) is 23.8 Å².